The average molecular weight is 262 g/mol. The van der Waals surface area contributed by atoms with Crippen LogP contribution in [0.4, 0.5) is 0 Å². The van der Waals surface area contributed by atoms with Crippen molar-refractivity contribution in [3.05, 3.63) is 29.8 Å². The summed E-state index contributed by atoms with van der Waals surface area (Å²) in [6, 6.07) is 8.71. The van der Waals surface area contributed by atoms with E-state index in [9.17, 15) is 0 Å². The van der Waals surface area contributed by atoms with E-state index in [1.165, 1.54) is 37.9 Å². The summed E-state index contributed by atoms with van der Waals surface area (Å²) in [5.41, 5.74) is 7.22. The van der Waals surface area contributed by atoms with E-state index in [1.54, 1.807) is 0 Å². The molecule has 0 aliphatic carbocycles. The molecule has 1 saturated heterocycles. The van der Waals surface area contributed by atoms with Crippen LogP contribution < -0.4 is 10.5 Å². The fourth-order valence-electron chi connectivity index (χ4n) is 2.65. The lowest BCUT2D eigenvalue weighted by atomic mass is 10.1. The number of nitrogens with zero attached hydrogens (tertiary/aromatic N) is 1. The Morgan fingerprint density at radius 1 is 1.26 bits per heavy atom. The van der Waals surface area contributed by atoms with Crippen LogP contribution in [0.5, 0.6) is 5.75 Å². The third kappa shape index (κ3) is 4.22. The highest BCUT2D eigenvalue weighted by atomic mass is 16.5. The SMILES string of the molecule is CCc1cccc(OCC(CN)N2CCCCC2)c1. The second-order valence-corrected chi connectivity index (χ2v) is 5.30. The number of hydrogen-bond donors (Lipinski definition) is 1. The largest absolute Gasteiger partial charge is 0.492 e. The standard InChI is InChI=1S/C16H26N2O/c1-2-14-7-6-8-16(11-14)19-13-15(12-17)18-9-4-3-5-10-18/h6-8,11,15H,2-5,9-10,12-13,17H2,1H3. The Hall–Kier alpha value is -1.06. The molecule has 1 aromatic carbocycles. The highest BCUT2D eigenvalue weighted by Crippen LogP contribution is 2.16. The summed E-state index contributed by atoms with van der Waals surface area (Å²) in [6.45, 7) is 5.87. The van der Waals surface area contributed by atoms with Crippen LogP contribution in [0.1, 0.15) is 31.7 Å². The number of nitrogens with two attached hydrogens (primary N) is 1. The minimum Gasteiger partial charge on any atom is -0.492 e. The molecule has 2 rings (SSSR count). The normalized spacial score (nSPS) is 18.2. The van der Waals surface area contributed by atoms with E-state index in [0.717, 1.165) is 12.2 Å². The molecule has 1 aliphatic heterocycles. The maximum absolute atomic E-state index is 5.93. The molecule has 0 bridgehead atoms. The van der Waals surface area contributed by atoms with Crippen LogP contribution in [-0.4, -0.2) is 37.2 Å². The van der Waals surface area contributed by atoms with E-state index in [0.29, 0.717) is 19.2 Å². The Morgan fingerprint density at radius 3 is 2.74 bits per heavy atom. The van der Waals surface area contributed by atoms with Crippen molar-refractivity contribution < 1.29 is 4.74 Å². The summed E-state index contributed by atoms with van der Waals surface area (Å²) in [7, 11) is 0. The highest BCUT2D eigenvalue weighted by molar-refractivity contribution is 5.28. The smallest absolute Gasteiger partial charge is 0.119 e. The number of ether oxygens (including phenoxy) is 1. The first-order valence-electron chi connectivity index (χ1n) is 7.49. The zero-order valence-electron chi connectivity index (χ0n) is 12.0. The molecule has 0 spiro atoms. The minimum absolute atomic E-state index is 0.352. The predicted octanol–water partition coefficient (Wildman–Crippen LogP) is 2.44. The number of aryl methyl sites for hydroxylation is 1. The summed E-state index contributed by atoms with van der Waals surface area (Å²) in [6.07, 6.45) is 4.99. The summed E-state index contributed by atoms with van der Waals surface area (Å²) in [5, 5.41) is 0. The van der Waals surface area contributed by atoms with Crippen molar-refractivity contribution in [2.45, 2.75) is 38.6 Å². The van der Waals surface area contributed by atoms with Gasteiger partial charge < -0.3 is 10.5 Å². The molecule has 19 heavy (non-hydrogen) atoms. The molecule has 3 nitrogen and oxygen atoms in total. The van der Waals surface area contributed by atoms with Crippen LogP contribution in [0, 0.1) is 0 Å². The van der Waals surface area contributed by atoms with Gasteiger partial charge in [0.1, 0.15) is 12.4 Å². The molecule has 0 radical (unpaired) electrons. The molecule has 1 aromatic rings. The monoisotopic (exact) mass is 262 g/mol. The van der Waals surface area contributed by atoms with Crippen LogP contribution in [0.2, 0.25) is 0 Å². The molecule has 3 heteroatoms. The van der Waals surface area contributed by atoms with Crippen molar-refractivity contribution in [1.29, 1.82) is 0 Å². The zero-order valence-corrected chi connectivity index (χ0v) is 12.0. The number of benzene rings is 1. The molecule has 1 unspecified atom stereocenters. The van der Waals surface area contributed by atoms with Crippen molar-refractivity contribution in [2.75, 3.05) is 26.2 Å². The van der Waals surface area contributed by atoms with Gasteiger partial charge in [-0.2, -0.15) is 0 Å². The van der Waals surface area contributed by atoms with Crippen LogP contribution in [0.3, 0.4) is 0 Å². The average Bonchev–Trinajstić information content (AvgIpc) is 2.49. The van der Waals surface area contributed by atoms with E-state index in [-0.39, 0.29) is 0 Å². The molecule has 0 saturated carbocycles. The van der Waals surface area contributed by atoms with Gasteiger partial charge in [0.05, 0.1) is 6.04 Å². The van der Waals surface area contributed by atoms with Crippen LogP contribution >= 0.6 is 0 Å². The van der Waals surface area contributed by atoms with Crippen LogP contribution in [0.15, 0.2) is 24.3 Å². The lowest BCUT2D eigenvalue weighted by Gasteiger charge is -2.33. The highest BCUT2D eigenvalue weighted by Gasteiger charge is 2.19. The second kappa shape index (κ2) is 7.51. The molecule has 1 heterocycles. The lowest BCUT2D eigenvalue weighted by Crippen LogP contribution is -2.46. The van der Waals surface area contributed by atoms with E-state index in [4.69, 9.17) is 10.5 Å². The molecule has 2 N–H and O–H groups in total. The maximum Gasteiger partial charge on any atom is 0.119 e. The first kappa shape index (κ1) is 14.4. The maximum atomic E-state index is 5.93. The summed E-state index contributed by atoms with van der Waals surface area (Å²) in [5.74, 6) is 0.967. The van der Waals surface area contributed by atoms with Gasteiger partial charge in [0, 0.05) is 6.54 Å². The minimum atomic E-state index is 0.352. The van der Waals surface area contributed by atoms with Gasteiger partial charge in [-0.1, -0.05) is 25.5 Å². The van der Waals surface area contributed by atoms with Crippen LogP contribution in [-0.2, 0) is 6.42 Å². The quantitative estimate of drug-likeness (QED) is 0.856. The second-order valence-electron chi connectivity index (χ2n) is 5.30. The number of hydrogen-bond acceptors (Lipinski definition) is 3. The van der Waals surface area contributed by atoms with Gasteiger partial charge in [-0.25, -0.2) is 0 Å². The van der Waals surface area contributed by atoms with Gasteiger partial charge in [0.2, 0.25) is 0 Å². The molecule has 1 fully saturated rings. The van der Waals surface area contributed by atoms with E-state index in [1.807, 2.05) is 6.07 Å². The lowest BCUT2D eigenvalue weighted by molar-refractivity contribution is 0.118. The van der Waals surface area contributed by atoms with E-state index < -0.39 is 0 Å². The molecular weight excluding hydrogens is 236 g/mol. The van der Waals surface area contributed by atoms with Crippen molar-refractivity contribution in [1.82, 2.24) is 4.90 Å². The Labute approximate surface area is 116 Å². The predicted molar refractivity (Wildman–Crippen MR) is 79.6 cm³/mol. The van der Waals surface area contributed by atoms with Gasteiger partial charge in [-0.15, -0.1) is 0 Å². The Balaban J connectivity index is 1.87. The Morgan fingerprint density at radius 2 is 2.05 bits per heavy atom. The van der Waals surface area contributed by atoms with Gasteiger partial charge in [0.15, 0.2) is 0 Å². The third-order valence-corrected chi connectivity index (χ3v) is 3.93. The molecule has 106 valence electrons. The topological polar surface area (TPSA) is 38.5 Å². The molecule has 1 aliphatic rings. The summed E-state index contributed by atoms with van der Waals surface area (Å²) < 4.78 is 5.93. The Bertz CT molecular complexity index is 375. The summed E-state index contributed by atoms with van der Waals surface area (Å²) in [4.78, 5) is 2.48. The Kier molecular flexibility index (Phi) is 5.67. The summed E-state index contributed by atoms with van der Waals surface area (Å²) >= 11 is 0. The van der Waals surface area contributed by atoms with E-state index >= 15 is 0 Å². The van der Waals surface area contributed by atoms with Gasteiger partial charge in [-0.3, -0.25) is 4.90 Å². The fraction of sp³-hybridized carbons (Fsp3) is 0.625. The van der Waals surface area contributed by atoms with Crippen molar-refractivity contribution in [3.8, 4) is 5.75 Å². The van der Waals surface area contributed by atoms with Crippen molar-refractivity contribution in [2.24, 2.45) is 5.73 Å². The number of piperidine rings is 1. The first-order chi connectivity index (χ1) is 9.33. The van der Waals surface area contributed by atoms with Crippen molar-refractivity contribution >= 4 is 0 Å². The van der Waals surface area contributed by atoms with Gasteiger partial charge in [-0.05, 0) is 50.0 Å². The molecule has 0 aromatic heterocycles. The zero-order chi connectivity index (χ0) is 13.5. The van der Waals surface area contributed by atoms with Crippen molar-refractivity contribution in [3.63, 3.8) is 0 Å². The molecule has 1 atom stereocenters. The fourth-order valence-corrected chi connectivity index (χ4v) is 2.65. The number of likely N-dealkylation sites (tertiary alicyclic amines) is 1. The molecular formula is C16H26N2O. The van der Waals surface area contributed by atoms with E-state index in [2.05, 4.69) is 30.0 Å². The first-order valence-corrected chi connectivity index (χ1v) is 7.49. The molecule has 0 amide bonds. The van der Waals surface area contributed by atoms with Gasteiger partial charge >= 0.3 is 0 Å². The van der Waals surface area contributed by atoms with Gasteiger partial charge in [0.25, 0.3) is 0 Å². The third-order valence-electron chi connectivity index (χ3n) is 3.93. The number of rotatable bonds is 6. The van der Waals surface area contributed by atoms with Crippen LogP contribution in [0.25, 0.3) is 0 Å².